The SMILES string of the molecule is O=C1NCCCN(S(=O)(=O)c2cccnc2)CCCN2C(=O)[C@@]3(c4ccccc42)[C@H]1C[C@@H]1CCCN13. The highest BCUT2D eigenvalue weighted by Crippen LogP contribution is 2.57. The molecule has 36 heavy (non-hydrogen) atoms. The van der Waals surface area contributed by atoms with Gasteiger partial charge in [0.2, 0.25) is 15.9 Å². The number of hydrogen-bond acceptors (Lipinski definition) is 6. The van der Waals surface area contributed by atoms with E-state index < -0.39 is 21.5 Å². The summed E-state index contributed by atoms with van der Waals surface area (Å²) in [5, 5.41) is 3.05. The van der Waals surface area contributed by atoms with Crippen molar-refractivity contribution in [3.05, 3.63) is 54.4 Å². The first kappa shape index (κ1) is 23.6. The van der Waals surface area contributed by atoms with Gasteiger partial charge in [0.25, 0.3) is 5.91 Å². The summed E-state index contributed by atoms with van der Waals surface area (Å²) in [7, 11) is -3.74. The fourth-order valence-electron chi connectivity index (χ4n) is 6.78. The van der Waals surface area contributed by atoms with Crippen molar-refractivity contribution in [3.8, 4) is 0 Å². The Morgan fingerprint density at radius 3 is 2.64 bits per heavy atom. The normalized spacial score (nSPS) is 29.5. The average molecular weight is 510 g/mol. The number of nitrogens with one attached hydrogen (secondary N) is 1. The predicted molar refractivity (Wildman–Crippen MR) is 134 cm³/mol. The molecule has 3 fully saturated rings. The number of benzene rings is 1. The number of hydrogen-bond donors (Lipinski definition) is 1. The summed E-state index contributed by atoms with van der Waals surface area (Å²) < 4.78 is 28.2. The van der Waals surface area contributed by atoms with Crippen molar-refractivity contribution >= 4 is 27.5 Å². The molecule has 1 aromatic carbocycles. The van der Waals surface area contributed by atoms with Crippen LogP contribution in [0.5, 0.6) is 0 Å². The Bertz CT molecular complexity index is 1290. The molecule has 0 saturated carbocycles. The average Bonchev–Trinajstić information content (AvgIpc) is 3.54. The molecule has 1 N–H and O–H groups in total. The van der Waals surface area contributed by atoms with E-state index in [4.69, 9.17) is 0 Å². The predicted octanol–water partition coefficient (Wildman–Crippen LogP) is 1.71. The molecule has 3 atom stereocenters. The van der Waals surface area contributed by atoms with Crippen molar-refractivity contribution in [3.63, 3.8) is 0 Å². The van der Waals surface area contributed by atoms with E-state index in [0.717, 1.165) is 30.6 Å². The Morgan fingerprint density at radius 1 is 0.972 bits per heavy atom. The molecule has 9 nitrogen and oxygen atoms in total. The lowest BCUT2D eigenvalue weighted by molar-refractivity contribution is -0.138. The van der Waals surface area contributed by atoms with Crippen LogP contribution in [-0.2, 0) is 25.2 Å². The number of fused-ring (bicyclic) bond motifs is 4. The first-order valence-corrected chi connectivity index (χ1v) is 14.3. The summed E-state index contributed by atoms with van der Waals surface area (Å²) in [6, 6.07) is 11.2. The minimum Gasteiger partial charge on any atom is -0.356 e. The zero-order valence-electron chi connectivity index (χ0n) is 20.2. The maximum absolute atomic E-state index is 14.3. The lowest BCUT2D eigenvalue weighted by Gasteiger charge is -2.37. The zero-order chi connectivity index (χ0) is 24.9. The van der Waals surface area contributed by atoms with Crippen molar-refractivity contribution in [2.24, 2.45) is 5.92 Å². The number of carbonyl (C=O) groups is 2. The molecule has 2 bridgehead atoms. The molecular formula is C26H31N5O4S. The van der Waals surface area contributed by atoms with Crippen LogP contribution in [-0.4, -0.2) is 73.2 Å². The Kier molecular flexibility index (Phi) is 5.85. The molecule has 10 heteroatoms. The largest absolute Gasteiger partial charge is 0.356 e. The second-order valence-corrected chi connectivity index (χ2v) is 12.0. The summed E-state index contributed by atoms with van der Waals surface area (Å²) in [4.78, 5) is 36.1. The van der Waals surface area contributed by atoms with Gasteiger partial charge < -0.3 is 10.2 Å². The summed E-state index contributed by atoms with van der Waals surface area (Å²) in [6.07, 6.45) is 6.58. The van der Waals surface area contributed by atoms with Crippen LogP contribution in [0, 0.1) is 5.92 Å². The maximum Gasteiger partial charge on any atom is 0.253 e. The number of sulfonamides is 1. The molecule has 0 aliphatic carbocycles. The van der Waals surface area contributed by atoms with E-state index in [-0.39, 0.29) is 35.8 Å². The lowest BCUT2D eigenvalue weighted by atomic mass is 9.78. The number of nitrogens with zero attached hydrogens (tertiary/aromatic N) is 4. The minimum atomic E-state index is -3.74. The van der Waals surface area contributed by atoms with Crippen LogP contribution >= 0.6 is 0 Å². The fourth-order valence-corrected chi connectivity index (χ4v) is 8.26. The Labute approximate surface area is 211 Å². The van der Waals surface area contributed by atoms with Crippen LogP contribution in [0.2, 0.25) is 0 Å². The van der Waals surface area contributed by atoms with Gasteiger partial charge in [0, 0.05) is 55.9 Å². The van der Waals surface area contributed by atoms with E-state index in [1.165, 1.54) is 10.5 Å². The van der Waals surface area contributed by atoms with Gasteiger partial charge >= 0.3 is 0 Å². The lowest BCUT2D eigenvalue weighted by Crippen LogP contribution is -2.56. The molecule has 5 heterocycles. The van der Waals surface area contributed by atoms with E-state index in [1.54, 1.807) is 23.2 Å². The van der Waals surface area contributed by atoms with Gasteiger partial charge in [-0.2, -0.15) is 4.31 Å². The number of pyridine rings is 1. The maximum atomic E-state index is 14.3. The zero-order valence-corrected chi connectivity index (χ0v) is 21.0. The number of aromatic nitrogens is 1. The van der Waals surface area contributed by atoms with E-state index in [2.05, 4.69) is 15.2 Å². The molecule has 2 amide bonds. The van der Waals surface area contributed by atoms with Crippen molar-refractivity contribution < 1.29 is 18.0 Å². The molecule has 4 aliphatic heterocycles. The molecule has 3 saturated heterocycles. The summed E-state index contributed by atoms with van der Waals surface area (Å²) >= 11 is 0. The minimum absolute atomic E-state index is 0.0471. The van der Waals surface area contributed by atoms with Gasteiger partial charge in [-0.25, -0.2) is 8.42 Å². The van der Waals surface area contributed by atoms with Crippen LogP contribution in [0.4, 0.5) is 5.69 Å². The van der Waals surface area contributed by atoms with Crippen LogP contribution in [0.25, 0.3) is 0 Å². The summed E-state index contributed by atoms with van der Waals surface area (Å²) in [5.74, 6) is -0.623. The number of amides is 2. The molecule has 6 rings (SSSR count). The van der Waals surface area contributed by atoms with Gasteiger partial charge in [-0.3, -0.25) is 19.5 Å². The second-order valence-electron chi connectivity index (χ2n) is 10.1. The highest BCUT2D eigenvalue weighted by Gasteiger charge is 2.67. The van der Waals surface area contributed by atoms with E-state index in [1.807, 2.05) is 24.3 Å². The fraction of sp³-hybridized carbons (Fsp3) is 0.500. The van der Waals surface area contributed by atoms with Crippen molar-refractivity contribution in [1.82, 2.24) is 19.5 Å². The molecular weight excluding hydrogens is 478 g/mol. The third kappa shape index (κ3) is 3.42. The Balaban J connectivity index is 1.37. The van der Waals surface area contributed by atoms with Gasteiger partial charge in [0.1, 0.15) is 10.4 Å². The third-order valence-electron chi connectivity index (χ3n) is 8.28. The van der Waals surface area contributed by atoms with Gasteiger partial charge in [-0.05, 0) is 56.8 Å². The second kappa shape index (κ2) is 8.93. The van der Waals surface area contributed by atoms with Crippen molar-refractivity contribution in [2.75, 3.05) is 37.6 Å². The molecule has 2 aromatic rings. The molecule has 0 unspecified atom stereocenters. The van der Waals surface area contributed by atoms with Gasteiger partial charge in [-0.15, -0.1) is 0 Å². The van der Waals surface area contributed by atoms with Crippen LogP contribution in [0.3, 0.4) is 0 Å². The number of rotatable bonds is 2. The van der Waals surface area contributed by atoms with Crippen LogP contribution in [0.15, 0.2) is 53.7 Å². The Hall–Kier alpha value is -2.82. The topological polar surface area (TPSA) is 103 Å². The standard InChI is InChI=1S/C26H31N5O4S/c32-24-22-17-19-7-4-16-31(19)26(22)21-9-1-2-10-23(21)30(25(26)33)15-6-14-29(13-5-12-28-24)36(34,35)20-8-3-11-27-18-20/h1-3,8-11,18-19,22H,4-7,12-17H2,(H,28,32)/t19-,22-,26+/m0/s1. The molecule has 4 aliphatic rings. The van der Waals surface area contributed by atoms with E-state index >= 15 is 0 Å². The molecule has 190 valence electrons. The first-order valence-electron chi connectivity index (χ1n) is 12.8. The highest BCUT2D eigenvalue weighted by atomic mass is 32.2. The monoisotopic (exact) mass is 509 g/mol. The van der Waals surface area contributed by atoms with Crippen molar-refractivity contribution in [2.45, 2.75) is 48.6 Å². The van der Waals surface area contributed by atoms with E-state index in [9.17, 15) is 18.0 Å². The summed E-state index contributed by atoms with van der Waals surface area (Å²) in [6.45, 7) is 2.12. The molecule has 1 spiro atoms. The van der Waals surface area contributed by atoms with Gasteiger partial charge in [0.05, 0.1) is 5.92 Å². The summed E-state index contributed by atoms with van der Waals surface area (Å²) in [5.41, 5.74) is 0.778. The molecule has 0 radical (unpaired) electrons. The van der Waals surface area contributed by atoms with E-state index in [0.29, 0.717) is 32.4 Å². The Morgan fingerprint density at radius 2 is 1.81 bits per heavy atom. The first-order chi connectivity index (χ1) is 17.5. The highest BCUT2D eigenvalue weighted by molar-refractivity contribution is 7.89. The smallest absolute Gasteiger partial charge is 0.253 e. The van der Waals surface area contributed by atoms with Crippen molar-refractivity contribution in [1.29, 1.82) is 0 Å². The van der Waals surface area contributed by atoms with Gasteiger partial charge in [0.15, 0.2) is 0 Å². The number of para-hydroxylation sites is 1. The number of carbonyl (C=O) groups excluding carboxylic acids is 2. The van der Waals surface area contributed by atoms with Crippen LogP contribution < -0.4 is 10.2 Å². The third-order valence-corrected chi connectivity index (χ3v) is 10.2. The van der Waals surface area contributed by atoms with Crippen LogP contribution in [0.1, 0.15) is 37.7 Å². The van der Waals surface area contributed by atoms with Gasteiger partial charge in [-0.1, -0.05) is 18.2 Å². The quantitative estimate of drug-likeness (QED) is 0.661. The molecule has 1 aromatic heterocycles. The number of anilines is 1.